The van der Waals surface area contributed by atoms with Crippen molar-refractivity contribution in [3.05, 3.63) is 47.3 Å². The maximum atomic E-state index is 13.1. The highest BCUT2D eigenvalue weighted by Crippen LogP contribution is 2.37. The Kier molecular flexibility index (Phi) is 5.02. The lowest BCUT2D eigenvalue weighted by atomic mass is 10.0. The number of rotatable bonds is 5. The fraction of sp³-hybridized carbons (Fsp3) is 0.526. The highest BCUT2D eigenvalue weighted by Gasteiger charge is 2.38. The maximum Gasteiger partial charge on any atom is 0.243 e. The van der Waals surface area contributed by atoms with Crippen molar-refractivity contribution < 1.29 is 12.9 Å². The lowest BCUT2D eigenvalue weighted by molar-refractivity contribution is 0.295. The van der Waals surface area contributed by atoms with Crippen LogP contribution < -0.4 is 0 Å². The van der Waals surface area contributed by atoms with E-state index in [1.165, 1.54) is 0 Å². The van der Waals surface area contributed by atoms with Gasteiger partial charge in [0.2, 0.25) is 10.0 Å². The Morgan fingerprint density at radius 1 is 1.12 bits per heavy atom. The van der Waals surface area contributed by atoms with Crippen molar-refractivity contribution in [2.45, 2.75) is 63.3 Å². The van der Waals surface area contributed by atoms with E-state index in [2.05, 4.69) is 19.0 Å². The molecular formula is C19H26N2O3S. The third kappa shape index (κ3) is 3.51. The van der Waals surface area contributed by atoms with E-state index >= 15 is 0 Å². The molecule has 0 aliphatic carbocycles. The molecule has 1 unspecified atom stereocenters. The minimum atomic E-state index is -3.54. The van der Waals surface area contributed by atoms with Gasteiger partial charge >= 0.3 is 0 Å². The minimum Gasteiger partial charge on any atom is -0.359 e. The van der Waals surface area contributed by atoms with Gasteiger partial charge in [0.15, 0.2) is 5.76 Å². The zero-order valence-electron chi connectivity index (χ0n) is 15.3. The Balaban J connectivity index is 1.89. The van der Waals surface area contributed by atoms with E-state index in [0.717, 1.165) is 24.1 Å². The zero-order valence-corrected chi connectivity index (χ0v) is 16.1. The summed E-state index contributed by atoms with van der Waals surface area (Å²) < 4.78 is 33.2. The molecule has 1 saturated heterocycles. The molecule has 0 spiro atoms. The van der Waals surface area contributed by atoms with E-state index in [1.807, 2.05) is 32.0 Å². The molecule has 1 aliphatic heterocycles. The Morgan fingerprint density at radius 2 is 1.80 bits per heavy atom. The van der Waals surface area contributed by atoms with Crippen LogP contribution in [-0.2, 0) is 10.0 Å². The van der Waals surface area contributed by atoms with Crippen molar-refractivity contribution in [2.24, 2.45) is 0 Å². The second-order valence-corrected chi connectivity index (χ2v) is 9.20. The first-order chi connectivity index (χ1) is 11.8. The summed E-state index contributed by atoms with van der Waals surface area (Å²) >= 11 is 0. The summed E-state index contributed by atoms with van der Waals surface area (Å²) in [6.45, 7) is 8.78. The van der Waals surface area contributed by atoms with Crippen molar-refractivity contribution in [1.29, 1.82) is 0 Å². The quantitative estimate of drug-likeness (QED) is 0.788. The van der Waals surface area contributed by atoms with Crippen LogP contribution in [0.3, 0.4) is 0 Å². The number of hydrogen-bond acceptors (Lipinski definition) is 4. The molecule has 0 bridgehead atoms. The number of aromatic nitrogens is 1. The molecule has 2 aromatic rings. The summed E-state index contributed by atoms with van der Waals surface area (Å²) in [6, 6.07) is 8.84. The monoisotopic (exact) mass is 362 g/mol. The van der Waals surface area contributed by atoms with Gasteiger partial charge in [-0.2, -0.15) is 4.31 Å². The molecule has 1 aliphatic rings. The summed E-state index contributed by atoms with van der Waals surface area (Å²) in [5, 5.41) is 4.08. The van der Waals surface area contributed by atoms with Crippen LogP contribution in [0, 0.1) is 0 Å². The predicted octanol–water partition coefficient (Wildman–Crippen LogP) is 4.45. The molecule has 1 atom stereocenters. The smallest absolute Gasteiger partial charge is 0.243 e. The van der Waals surface area contributed by atoms with Crippen LogP contribution in [0.2, 0.25) is 0 Å². The van der Waals surface area contributed by atoms with Crippen LogP contribution in [0.1, 0.15) is 75.4 Å². The van der Waals surface area contributed by atoms with Gasteiger partial charge in [0.1, 0.15) is 0 Å². The number of sulfonamides is 1. The Morgan fingerprint density at radius 3 is 2.36 bits per heavy atom. The highest BCUT2D eigenvalue weighted by atomic mass is 32.2. The summed E-state index contributed by atoms with van der Waals surface area (Å²) in [5.41, 5.74) is 1.99. The summed E-state index contributed by atoms with van der Waals surface area (Å²) in [7, 11) is -3.54. The van der Waals surface area contributed by atoms with Gasteiger partial charge < -0.3 is 4.52 Å². The molecule has 0 N–H and O–H groups in total. The maximum absolute atomic E-state index is 13.1. The van der Waals surface area contributed by atoms with E-state index < -0.39 is 10.0 Å². The lowest BCUT2D eigenvalue weighted by Gasteiger charge is -2.22. The van der Waals surface area contributed by atoms with Gasteiger partial charge in [0, 0.05) is 12.6 Å². The molecule has 1 aromatic carbocycles. The van der Waals surface area contributed by atoms with Crippen LogP contribution >= 0.6 is 0 Å². The standard InChI is InChI=1S/C19H26N2O3S/c1-13(2)15-7-9-16(10-8-15)25(22,23)21-11-5-6-18(21)19-12-17(14(3)4)20-24-19/h7-10,12-14,18H,5-6,11H2,1-4H3. The van der Waals surface area contributed by atoms with Gasteiger partial charge in [-0.1, -0.05) is 45.0 Å². The topological polar surface area (TPSA) is 63.4 Å². The summed E-state index contributed by atoms with van der Waals surface area (Å²) in [6.07, 6.45) is 1.59. The van der Waals surface area contributed by atoms with E-state index in [-0.39, 0.29) is 12.0 Å². The van der Waals surface area contributed by atoms with Crippen LogP contribution in [0.5, 0.6) is 0 Å². The molecule has 6 heteroatoms. The molecule has 2 heterocycles. The third-order valence-electron chi connectivity index (χ3n) is 4.82. The Hall–Kier alpha value is -1.66. The van der Waals surface area contributed by atoms with Crippen LogP contribution in [0.4, 0.5) is 0 Å². The molecule has 1 aromatic heterocycles. The largest absolute Gasteiger partial charge is 0.359 e. The average Bonchev–Trinajstić information content (AvgIpc) is 3.24. The first-order valence-corrected chi connectivity index (χ1v) is 10.3. The molecule has 5 nitrogen and oxygen atoms in total. The zero-order chi connectivity index (χ0) is 18.2. The van der Waals surface area contributed by atoms with Crippen molar-refractivity contribution >= 4 is 10.0 Å². The molecule has 0 radical (unpaired) electrons. The Bertz CT molecular complexity index is 823. The average molecular weight is 362 g/mol. The van der Waals surface area contributed by atoms with Gasteiger partial charge in [-0.05, 0) is 42.4 Å². The van der Waals surface area contributed by atoms with E-state index in [0.29, 0.717) is 23.1 Å². The van der Waals surface area contributed by atoms with Crippen molar-refractivity contribution in [3.63, 3.8) is 0 Å². The second kappa shape index (κ2) is 6.92. The van der Waals surface area contributed by atoms with E-state index in [1.54, 1.807) is 16.4 Å². The molecule has 0 amide bonds. The van der Waals surface area contributed by atoms with Crippen LogP contribution in [0.15, 0.2) is 39.8 Å². The van der Waals surface area contributed by atoms with Gasteiger partial charge in [0.25, 0.3) is 0 Å². The number of nitrogens with zero attached hydrogens (tertiary/aromatic N) is 2. The second-order valence-electron chi connectivity index (χ2n) is 7.31. The van der Waals surface area contributed by atoms with Crippen LogP contribution in [0.25, 0.3) is 0 Å². The summed E-state index contributed by atoms with van der Waals surface area (Å²) in [5.74, 6) is 1.27. The predicted molar refractivity (Wildman–Crippen MR) is 97.0 cm³/mol. The van der Waals surface area contributed by atoms with Crippen molar-refractivity contribution in [1.82, 2.24) is 9.46 Å². The molecule has 25 heavy (non-hydrogen) atoms. The van der Waals surface area contributed by atoms with Gasteiger partial charge in [0.05, 0.1) is 16.6 Å². The molecule has 1 fully saturated rings. The molecule has 3 rings (SSSR count). The fourth-order valence-electron chi connectivity index (χ4n) is 3.21. The lowest BCUT2D eigenvalue weighted by Crippen LogP contribution is -2.30. The van der Waals surface area contributed by atoms with Gasteiger partial charge in [-0.25, -0.2) is 8.42 Å². The highest BCUT2D eigenvalue weighted by molar-refractivity contribution is 7.89. The third-order valence-corrected chi connectivity index (χ3v) is 6.75. The summed E-state index contributed by atoms with van der Waals surface area (Å²) in [4.78, 5) is 0.340. The SMILES string of the molecule is CC(C)c1ccc(S(=O)(=O)N2CCCC2c2cc(C(C)C)no2)cc1. The normalized spacial score (nSPS) is 19.2. The van der Waals surface area contributed by atoms with Crippen LogP contribution in [-0.4, -0.2) is 24.4 Å². The number of benzene rings is 1. The molecule has 136 valence electrons. The van der Waals surface area contributed by atoms with E-state index in [4.69, 9.17) is 4.52 Å². The van der Waals surface area contributed by atoms with Gasteiger partial charge in [-0.3, -0.25) is 0 Å². The number of hydrogen-bond donors (Lipinski definition) is 0. The Labute approximate surface area is 150 Å². The molecular weight excluding hydrogens is 336 g/mol. The first kappa shape index (κ1) is 18.1. The van der Waals surface area contributed by atoms with E-state index in [9.17, 15) is 8.42 Å². The van der Waals surface area contributed by atoms with Crippen molar-refractivity contribution in [3.8, 4) is 0 Å². The fourth-order valence-corrected chi connectivity index (χ4v) is 4.87. The van der Waals surface area contributed by atoms with Crippen molar-refractivity contribution in [2.75, 3.05) is 6.54 Å². The minimum absolute atomic E-state index is 0.257. The molecule has 0 saturated carbocycles. The van der Waals surface area contributed by atoms with Gasteiger partial charge in [-0.15, -0.1) is 0 Å². The first-order valence-electron chi connectivity index (χ1n) is 8.89.